The zero-order valence-electron chi connectivity index (χ0n) is 9.13. The van der Waals surface area contributed by atoms with Crippen molar-refractivity contribution >= 4 is 11.8 Å². The Bertz CT molecular complexity index is 204. The summed E-state index contributed by atoms with van der Waals surface area (Å²) >= 11 is 1.83. The van der Waals surface area contributed by atoms with Gasteiger partial charge in [-0.15, -0.1) is 0 Å². The molecule has 0 fully saturated rings. The van der Waals surface area contributed by atoms with E-state index in [1.807, 2.05) is 17.8 Å². The van der Waals surface area contributed by atoms with Gasteiger partial charge < -0.3 is 0 Å². The average Bonchev–Trinajstić information content (AvgIpc) is 2.01. The SMILES string of the molecule is C=C/C=C(\C=C/CSC)C(C)(C)C. The molecule has 0 unspecified atom stereocenters. The van der Waals surface area contributed by atoms with Crippen molar-refractivity contribution in [2.45, 2.75) is 20.8 Å². The van der Waals surface area contributed by atoms with Crippen LogP contribution in [0.1, 0.15) is 20.8 Å². The molecule has 0 saturated carbocycles. The molecule has 0 aromatic heterocycles. The van der Waals surface area contributed by atoms with E-state index in [0.29, 0.717) is 0 Å². The molecule has 13 heavy (non-hydrogen) atoms. The third-order valence-corrected chi connectivity index (χ3v) is 2.25. The molecule has 0 aliphatic heterocycles. The number of hydrogen-bond acceptors (Lipinski definition) is 1. The van der Waals surface area contributed by atoms with Crippen LogP contribution in [0, 0.1) is 5.41 Å². The van der Waals surface area contributed by atoms with Crippen LogP contribution in [0.4, 0.5) is 0 Å². The maximum Gasteiger partial charge on any atom is 0.0113 e. The van der Waals surface area contributed by atoms with Crippen molar-refractivity contribution in [1.82, 2.24) is 0 Å². The largest absolute Gasteiger partial charge is 0.161 e. The van der Waals surface area contributed by atoms with Crippen LogP contribution in [-0.2, 0) is 0 Å². The van der Waals surface area contributed by atoms with Gasteiger partial charge in [0.1, 0.15) is 0 Å². The lowest BCUT2D eigenvalue weighted by Gasteiger charge is -2.19. The van der Waals surface area contributed by atoms with Crippen molar-refractivity contribution in [3.63, 3.8) is 0 Å². The van der Waals surface area contributed by atoms with Gasteiger partial charge in [0.2, 0.25) is 0 Å². The Labute approximate surface area is 86.8 Å². The molecule has 0 aliphatic rings. The van der Waals surface area contributed by atoms with Crippen molar-refractivity contribution in [1.29, 1.82) is 0 Å². The summed E-state index contributed by atoms with van der Waals surface area (Å²) in [5.41, 5.74) is 1.54. The first kappa shape index (κ1) is 12.6. The summed E-state index contributed by atoms with van der Waals surface area (Å²) in [6.45, 7) is 10.4. The maximum atomic E-state index is 3.73. The summed E-state index contributed by atoms with van der Waals surface area (Å²) in [4.78, 5) is 0. The van der Waals surface area contributed by atoms with Crippen LogP contribution in [0.25, 0.3) is 0 Å². The quantitative estimate of drug-likeness (QED) is 0.611. The molecule has 0 aliphatic carbocycles. The molecule has 0 saturated heterocycles. The molecule has 0 aromatic rings. The molecule has 0 amide bonds. The second-order valence-electron chi connectivity index (χ2n) is 3.97. The fourth-order valence-electron chi connectivity index (χ4n) is 0.954. The second kappa shape index (κ2) is 6.09. The molecule has 0 rings (SSSR count). The Kier molecular flexibility index (Phi) is 5.89. The van der Waals surface area contributed by atoms with Gasteiger partial charge in [-0.3, -0.25) is 0 Å². The second-order valence-corrected chi connectivity index (χ2v) is 4.88. The Hall–Kier alpha value is -0.430. The molecular formula is C12H20S. The predicted octanol–water partition coefficient (Wildman–Crippen LogP) is 4.06. The van der Waals surface area contributed by atoms with Gasteiger partial charge in [-0.25, -0.2) is 0 Å². The summed E-state index contributed by atoms with van der Waals surface area (Å²) in [7, 11) is 0. The van der Waals surface area contributed by atoms with Crippen LogP contribution in [0.2, 0.25) is 0 Å². The zero-order valence-corrected chi connectivity index (χ0v) is 9.95. The molecule has 0 N–H and O–H groups in total. The van der Waals surface area contributed by atoms with E-state index in [1.165, 1.54) is 5.57 Å². The Morgan fingerprint density at radius 3 is 2.38 bits per heavy atom. The Balaban J connectivity index is 4.46. The number of allylic oxidation sites excluding steroid dienone is 4. The van der Waals surface area contributed by atoms with E-state index >= 15 is 0 Å². The first-order valence-electron chi connectivity index (χ1n) is 4.51. The van der Waals surface area contributed by atoms with Crippen LogP contribution in [0.15, 0.2) is 36.5 Å². The Morgan fingerprint density at radius 2 is 2.00 bits per heavy atom. The van der Waals surface area contributed by atoms with Crippen molar-refractivity contribution in [3.05, 3.63) is 36.5 Å². The van der Waals surface area contributed by atoms with E-state index in [4.69, 9.17) is 0 Å². The van der Waals surface area contributed by atoms with Crippen LogP contribution >= 0.6 is 11.8 Å². The molecule has 0 heterocycles. The topological polar surface area (TPSA) is 0 Å². The molecule has 0 nitrogen and oxygen atoms in total. The van der Waals surface area contributed by atoms with Gasteiger partial charge in [-0.1, -0.05) is 51.7 Å². The monoisotopic (exact) mass is 196 g/mol. The summed E-state index contributed by atoms with van der Waals surface area (Å²) < 4.78 is 0. The van der Waals surface area contributed by atoms with E-state index in [1.54, 1.807) is 0 Å². The highest BCUT2D eigenvalue weighted by Gasteiger charge is 2.12. The lowest BCUT2D eigenvalue weighted by molar-refractivity contribution is 0.517. The van der Waals surface area contributed by atoms with E-state index in [2.05, 4.69) is 51.8 Å². The smallest absolute Gasteiger partial charge is 0.0113 e. The predicted molar refractivity (Wildman–Crippen MR) is 65.3 cm³/mol. The molecule has 0 radical (unpaired) electrons. The fraction of sp³-hybridized carbons (Fsp3) is 0.500. The minimum absolute atomic E-state index is 0.211. The highest BCUT2D eigenvalue weighted by atomic mass is 32.2. The van der Waals surface area contributed by atoms with Gasteiger partial charge in [-0.05, 0) is 17.2 Å². The summed E-state index contributed by atoms with van der Waals surface area (Å²) in [5, 5.41) is 0. The highest BCUT2D eigenvalue weighted by molar-refractivity contribution is 7.98. The summed E-state index contributed by atoms with van der Waals surface area (Å²) in [5.74, 6) is 1.07. The highest BCUT2D eigenvalue weighted by Crippen LogP contribution is 2.26. The van der Waals surface area contributed by atoms with Crippen LogP contribution in [0.5, 0.6) is 0 Å². The molecule has 0 atom stereocenters. The third-order valence-electron chi connectivity index (χ3n) is 1.72. The molecule has 0 bridgehead atoms. The molecule has 74 valence electrons. The third kappa shape index (κ3) is 5.75. The fourth-order valence-corrected chi connectivity index (χ4v) is 1.24. The minimum atomic E-state index is 0.211. The van der Waals surface area contributed by atoms with Gasteiger partial charge >= 0.3 is 0 Å². The van der Waals surface area contributed by atoms with E-state index < -0.39 is 0 Å². The summed E-state index contributed by atoms with van der Waals surface area (Å²) in [6, 6.07) is 0. The Morgan fingerprint density at radius 1 is 1.38 bits per heavy atom. The van der Waals surface area contributed by atoms with Crippen LogP contribution < -0.4 is 0 Å². The van der Waals surface area contributed by atoms with Crippen molar-refractivity contribution in [2.75, 3.05) is 12.0 Å². The zero-order chi connectivity index (χ0) is 10.3. The van der Waals surface area contributed by atoms with Gasteiger partial charge in [0.25, 0.3) is 0 Å². The molecule has 0 spiro atoms. The van der Waals surface area contributed by atoms with Crippen molar-refractivity contribution in [2.24, 2.45) is 5.41 Å². The average molecular weight is 196 g/mol. The van der Waals surface area contributed by atoms with Gasteiger partial charge in [0.15, 0.2) is 0 Å². The normalized spacial score (nSPS) is 13.7. The number of rotatable bonds is 4. The van der Waals surface area contributed by atoms with E-state index in [9.17, 15) is 0 Å². The molecule has 0 aromatic carbocycles. The van der Waals surface area contributed by atoms with Crippen molar-refractivity contribution < 1.29 is 0 Å². The van der Waals surface area contributed by atoms with Crippen LogP contribution in [-0.4, -0.2) is 12.0 Å². The molecule has 1 heteroatoms. The first-order valence-corrected chi connectivity index (χ1v) is 5.90. The van der Waals surface area contributed by atoms with Gasteiger partial charge in [0.05, 0.1) is 0 Å². The maximum absolute atomic E-state index is 3.73. The summed E-state index contributed by atoms with van der Waals surface area (Å²) in [6.07, 6.45) is 10.4. The number of hydrogen-bond donors (Lipinski definition) is 0. The number of thioether (sulfide) groups is 1. The van der Waals surface area contributed by atoms with E-state index in [0.717, 1.165) is 5.75 Å². The minimum Gasteiger partial charge on any atom is -0.161 e. The standard InChI is InChI=1S/C12H20S/c1-6-8-11(12(2,3)4)9-7-10-13-5/h6-9H,1,10H2,2-5H3/b9-7-,11-8+. The van der Waals surface area contributed by atoms with Gasteiger partial charge in [-0.2, -0.15) is 11.8 Å². The first-order chi connectivity index (χ1) is 6.02. The lowest BCUT2D eigenvalue weighted by atomic mass is 9.86. The van der Waals surface area contributed by atoms with Gasteiger partial charge in [0, 0.05) is 5.75 Å². The van der Waals surface area contributed by atoms with E-state index in [-0.39, 0.29) is 5.41 Å². The van der Waals surface area contributed by atoms with Crippen LogP contribution in [0.3, 0.4) is 0 Å². The lowest BCUT2D eigenvalue weighted by Crippen LogP contribution is -2.07. The van der Waals surface area contributed by atoms with Crippen molar-refractivity contribution in [3.8, 4) is 0 Å². The molecular weight excluding hydrogens is 176 g/mol.